The van der Waals surface area contributed by atoms with Gasteiger partial charge in [0, 0.05) is 12.1 Å². The Morgan fingerprint density at radius 1 is 1.65 bits per heavy atom. The average Bonchev–Trinajstić information content (AvgIpc) is 2.16. The van der Waals surface area contributed by atoms with Crippen LogP contribution in [0.4, 0.5) is 5.69 Å². The fourth-order valence-corrected chi connectivity index (χ4v) is 1.78. The van der Waals surface area contributed by atoms with E-state index in [9.17, 15) is 10.1 Å². The van der Waals surface area contributed by atoms with Crippen LogP contribution in [0.5, 0.6) is 0 Å². The molecule has 0 amide bonds. The van der Waals surface area contributed by atoms with E-state index in [4.69, 9.17) is 5.73 Å². The topological polar surface area (TPSA) is 69.2 Å². The summed E-state index contributed by atoms with van der Waals surface area (Å²) in [6, 6.07) is 4.68. The van der Waals surface area contributed by atoms with Crippen molar-refractivity contribution in [3.05, 3.63) is 50.5 Å². The highest BCUT2D eigenvalue weighted by Crippen LogP contribution is 2.29. The molecule has 0 spiro atoms. The van der Waals surface area contributed by atoms with Crippen LogP contribution < -0.4 is 5.73 Å². The maximum atomic E-state index is 10.7. The molecule has 0 aliphatic carbocycles. The van der Waals surface area contributed by atoms with E-state index in [1.807, 2.05) is 6.92 Å². The molecule has 2 N–H and O–H groups in total. The minimum Gasteiger partial charge on any atom is -0.324 e. The van der Waals surface area contributed by atoms with Crippen molar-refractivity contribution in [3.8, 4) is 0 Å². The third-order valence-corrected chi connectivity index (χ3v) is 2.83. The Bertz CT molecular complexity index is 437. The molecule has 6 heteroatoms. The summed E-state index contributed by atoms with van der Waals surface area (Å²) in [5, 5.41) is 10.7. The van der Waals surface area contributed by atoms with Gasteiger partial charge in [-0.1, -0.05) is 11.6 Å². The zero-order valence-corrected chi connectivity index (χ0v) is 11.8. The summed E-state index contributed by atoms with van der Waals surface area (Å²) in [5.74, 6) is 0. The fourth-order valence-electron chi connectivity index (χ4n) is 1.39. The van der Waals surface area contributed by atoms with Crippen molar-refractivity contribution in [2.45, 2.75) is 19.4 Å². The predicted molar refractivity (Wildman–Crippen MR) is 74.4 cm³/mol. The lowest BCUT2D eigenvalue weighted by atomic mass is 10.0. The molecule has 0 aromatic heterocycles. The van der Waals surface area contributed by atoms with Gasteiger partial charge in [0.1, 0.15) is 0 Å². The molecule has 1 rings (SSSR count). The van der Waals surface area contributed by atoms with E-state index in [1.54, 1.807) is 12.1 Å². The lowest BCUT2D eigenvalue weighted by molar-refractivity contribution is -0.385. The molecular formula is C11H14BrClN2O2. The molecule has 4 nitrogen and oxygen atoms in total. The summed E-state index contributed by atoms with van der Waals surface area (Å²) < 4.78 is 0.462. The molecule has 0 bridgehead atoms. The zero-order chi connectivity index (χ0) is 12.3. The van der Waals surface area contributed by atoms with Crippen LogP contribution in [-0.4, -0.2) is 4.92 Å². The van der Waals surface area contributed by atoms with E-state index >= 15 is 0 Å². The highest BCUT2D eigenvalue weighted by atomic mass is 79.9. The van der Waals surface area contributed by atoms with Crippen molar-refractivity contribution >= 4 is 34.0 Å². The Labute approximate surface area is 115 Å². The molecular weight excluding hydrogens is 307 g/mol. The highest BCUT2D eigenvalue weighted by molar-refractivity contribution is 9.10. The normalized spacial score (nSPS) is 11.5. The number of nitrogens with zero attached hydrogens (tertiary/aromatic N) is 1. The predicted octanol–water partition coefficient (Wildman–Crippen LogP) is 3.75. The standard InChI is InChI=1S/C11H13BrN2O2.ClH/c1-7(2)5-10(13)8-3-4-9(12)11(6-8)14(15)16;/h3-4,6,10H,1,5,13H2,2H3;1H/t10-;/m1./s1. The van der Waals surface area contributed by atoms with Crippen LogP contribution in [0.25, 0.3) is 0 Å². The summed E-state index contributed by atoms with van der Waals surface area (Å²) in [7, 11) is 0. The summed E-state index contributed by atoms with van der Waals surface area (Å²) in [6.45, 7) is 5.65. The quantitative estimate of drug-likeness (QED) is 0.521. The van der Waals surface area contributed by atoms with Gasteiger partial charge in [0.15, 0.2) is 0 Å². The molecule has 0 unspecified atom stereocenters. The molecule has 0 aliphatic heterocycles. The van der Waals surface area contributed by atoms with Crippen molar-refractivity contribution in [2.24, 2.45) is 5.73 Å². The van der Waals surface area contributed by atoms with Gasteiger partial charge in [-0.3, -0.25) is 10.1 Å². The third-order valence-electron chi connectivity index (χ3n) is 2.16. The lowest BCUT2D eigenvalue weighted by Gasteiger charge is -2.11. The minimum absolute atomic E-state index is 0. The number of nitro benzene ring substituents is 1. The number of halogens is 2. The largest absolute Gasteiger partial charge is 0.324 e. The van der Waals surface area contributed by atoms with Crippen molar-refractivity contribution in [1.82, 2.24) is 0 Å². The van der Waals surface area contributed by atoms with E-state index < -0.39 is 4.92 Å². The van der Waals surface area contributed by atoms with Gasteiger partial charge < -0.3 is 5.73 Å². The molecule has 1 atom stereocenters. The first-order valence-electron chi connectivity index (χ1n) is 4.75. The second-order valence-electron chi connectivity index (χ2n) is 3.74. The van der Waals surface area contributed by atoms with Gasteiger partial charge in [-0.05, 0) is 40.9 Å². The maximum absolute atomic E-state index is 10.7. The number of rotatable bonds is 4. The second kappa shape index (κ2) is 6.74. The van der Waals surface area contributed by atoms with Crippen molar-refractivity contribution in [1.29, 1.82) is 0 Å². The van der Waals surface area contributed by atoms with E-state index in [2.05, 4.69) is 22.5 Å². The molecule has 1 aromatic rings. The van der Waals surface area contributed by atoms with E-state index in [1.165, 1.54) is 6.07 Å². The van der Waals surface area contributed by atoms with Gasteiger partial charge in [0.25, 0.3) is 5.69 Å². The Balaban J connectivity index is 0.00000256. The number of hydrogen-bond donors (Lipinski definition) is 1. The van der Waals surface area contributed by atoms with Gasteiger partial charge in [0.05, 0.1) is 9.40 Å². The first kappa shape index (κ1) is 16.1. The van der Waals surface area contributed by atoms with Crippen LogP contribution in [0, 0.1) is 10.1 Å². The van der Waals surface area contributed by atoms with Gasteiger partial charge in [-0.15, -0.1) is 19.0 Å². The van der Waals surface area contributed by atoms with Crippen LogP contribution in [0.2, 0.25) is 0 Å². The van der Waals surface area contributed by atoms with Crippen LogP contribution >= 0.6 is 28.3 Å². The minimum atomic E-state index is -0.429. The molecule has 0 aliphatic rings. The van der Waals surface area contributed by atoms with Gasteiger partial charge in [0.2, 0.25) is 0 Å². The van der Waals surface area contributed by atoms with Crippen LogP contribution in [-0.2, 0) is 0 Å². The molecule has 94 valence electrons. The zero-order valence-electron chi connectivity index (χ0n) is 9.35. The summed E-state index contributed by atoms with van der Waals surface area (Å²) in [6.07, 6.45) is 0.624. The van der Waals surface area contributed by atoms with Gasteiger partial charge >= 0.3 is 0 Å². The van der Waals surface area contributed by atoms with Crippen LogP contribution in [0.3, 0.4) is 0 Å². The van der Waals surface area contributed by atoms with Crippen LogP contribution in [0.15, 0.2) is 34.8 Å². The Kier molecular flexibility index (Phi) is 6.37. The Hall–Kier alpha value is -0.910. The summed E-state index contributed by atoms with van der Waals surface area (Å²) >= 11 is 3.13. The monoisotopic (exact) mass is 320 g/mol. The Morgan fingerprint density at radius 3 is 2.71 bits per heavy atom. The molecule has 0 heterocycles. The highest BCUT2D eigenvalue weighted by Gasteiger charge is 2.15. The summed E-state index contributed by atoms with van der Waals surface area (Å²) in [4.78, 5) is 10.3. The number of benzene rings is 1. The smallest absolute Gasteiger partial charge is 0.283 e. The van der Waals surface area contributed by atoms with E-state index in [-0.39, 0.29) is 24.1 Å². The van der Waals surface area contributed by atoms with E-state index in [0.717, 1.165) is 11.1 Å². The molecule has 0 saturated heterocycles. The van der Waals surface area contributed by atoms with Crippen molar-refractivity contribution < 1.29 is 4.92 Å². The fraction of sp³-hybridized carbons (Fsp3) is 0.273. The molecule has 1 aromatic carbocycles. The number of hydrogen-bond acceptors (Lipinski definition) is 3. The van der Waals surface area contributed by atoms with Crippen LogP contribution in [0.1, 0.15) is 24.9 Å². The number of nitrogens with two attached hydrogens (primary N) is 1. The van der Waals surface area contributed by atoms with E-state index in [0.29, 0.717) is 10.9 Å². The average molecular weight is 322 g/mol. The number of nitro groups is 1. The van der Waals surface area contributed by atoms with Crippen molar-refractivity contribution in [3.63, 3.8) is 0 Å². The molecule has 17 heavy (non-hydrogen) atoms. The third kappa shape index (κ3) is 4.46. The maximum Gasteiger partial charge on any atom is 0.283 e. The first-order chi connectivity index (χ1) is 7.41. The van der Waals surface area contributed by atoms with Gasteiger partial charge in [-0.25, -0.2) is 0 Å². The van der Waals surface area contributed by atoms with Gasteiger partial charge in [-0.2, -0.15) is 0 Å². The molecule has 0 fully saturated rings. The lowest BCUT2D eigenvalue weighted by Crippen LogP contribution is -2.10. The SMILES string of the molecule is C=C(C)C[C@@H](N)c1ccc(Br)c([N+](=O)[O-])c1.Cl. The Morgan fingerprint density at radius 2 is 2.24 bits per heavy atom. The second-order valence-corrected chi connectivity index (χ2v) is 4.59. The molecule has 0 radical (unpaired) electrons. The molecule has 0 saturated carbocycles. The summed E-state index contributed by atoms with van der Waals surface area (Å²) in [5.41, 5.74) is 7.66. The van der Waals surface area contributed by atoms with Crippen molar-refractivity contribution in [2.75, 3.05) is 0 Å². The first-order valence-corrected chi connectivity index (χ1v) is 5.55.